The zero-order chi connectivity index (χ0) is 15.1. The SMILES string of the molecule is Cc1ccc(Cn2[nH]c(C(F)(F)F)c(C)c2=O)cc1Cl. The Morgan fingerprint density at radius 3 is 2.45 bits per heavy atom. The van der Waals surface area contributed by atoms with Crippen molar-refractivity contribution in [3.05, 3.63) is 56.0 Å². The lowest BCUT2D eigenvalue weighted by molar-refractivity contribution is -0.141. The van der Waals surface area contributed by atoms with Gasteiger partial charge in [0, 0.05) is 10.6 Å². The minimum Gasteiger partial charge on any atom is -0.291 e. The van der Waals surface area contributed by atoms with E-state index < -0.39 is 17.4 Å². The van der Waals surface area contributed by atoms with E-state index in [0.717, 1.165) is 17.2 Å². The second kappa shape index (κ2) is 5.01. The number of H-pyrrole nitrogens is 1. The third-order valence-electron chi connectivity index (χ3n) is 3.05. The number of nitrogens with one attached hydrogen (secondary N) is 1. The molecule has 108 valence electrons. The Bertz CT molecular complexity index is 701. The van der Waals surface area contributed by atoms with Gasteiger partial charge in [-0.15, -0.1) is 0 Å². The molecule has 1 N–H and O–H groups in total. The van der Waals surface area contributed by atoms with Gasteiger partial charge in [-0.05, 0) is 31.0 Å². The number of halogens is 4. The van der Waals surface area contributed by atoms with E-state index in [1.807, 2.05) is 6.92 Å². The summed E-state index contributed by atoms with van der Waals surface area (Å²) >= 11 is 5.95. The first kappa shape index (κ1) is 14.7. The molecule has 0 saturated carbocycles. The van der Waals surface area contributed by atoms with E-state index >= 15 is 0 Å². The molecular weight excluding hydrogens is 293 g/mol. The second-order valence-electron chi connectivity index (χ2n) is 4.58. The molecule has 0 aliphatic carbocycles. The molecule has 2 rings (SSSR count). The molecule has 1 aromatic carbocycles. The lowest BCUT2D eigenvalue weighted by atomic mass is 10.1. The van der Waals surface area contributed by atoms with Gasteiger partial charge in [0.05, 0.1) is 6.54 Å². The second-order valence-corrected chi connectivity index (χ2v) is 4.99. The molecule has 0 aliphatic rings. The molecule has 0 spiro atoms. The summed E-state index contributed by atoms with van der Waals surface area (Å²) in [4.78, 5) is 11.8. The van der Waals surface area contributed by atoms with Crippen molar-refractivity contribution < 1.29 is 13.2 Å². The summed E-state index contributed by atoms with van der Waals surface area (Å²) in [5.41, 5.74) is -0.524. The number of aromatic nitrogens is 2. The molecule has 0 amide bonds. The molecule has 0 aliphatic heterocycles. The fourth-order valence-corrected chi connectivity index (χ4v) is 2.09. The molecule has 7 heteroatoms. The summed E-state index contributed by atoms with van der Waals surface area (Å²) in [5.74, 6) is 0. The number of hydrogen-bond acceptors (Lipinski definition) is 1. The molecule has 0 unspecified atom stereocenters. The minimum atomic E-state index is -4.57. The maximum atomic E-state index is 12.7. The zero-order valence-electron chi connectivity index (χ0n) is 10.8. The van der Waals surface area contributed by atoms with E-state index in [-0.39, 0.29) is 12.1 Å². The third kappa shape index (κ3) is 2.75. The van der Waals surface area contributed by atoms with Crippen molar-refractivity contribution >= 4 is 11.6 Å². The van der Waals surface area contributed by atoms with E-state index in [0.29, 0.717) is 10.6 Å². The molecule has 0 radical (unpaired) electrons. The summed E-state index contributed by atoms with van der Waals surface area (Å²) in [7, 11) is 0. The average Bonchev–Trinajstić information content (AvgIpc) is 2.62. The van der Waals surface area contributed by atoms with E-state index in [1.54, 1.807) is 18.2 Å². The Kier molecular flexibility index (Phi) is 3.69. The van der Waals surface area contributed by atoms with E-state index in [4.69, 9.17) is 11.6 Å². The fourth-order valence-electron chi connectivity index (χ4n) is 1.88. The normalized spacial score (nSPS) is 11.9. The quantitative estimate of drug-likeness (QED) is 0.906. The summed E-state index contributed by atoms with van der Waals surface area (Å²) in [5, 5.41) is 2.62. The first-order chi connectivity index (χ1) is 9.20. The summed E-state index contributed by atoms with van der Waals surface area (Å²) < 4.78 is 39.0. The van der Waals surface area contributed by atoms with Crippen molar-refractivity contribution in [3.8, 4) is 0 Å². The van der Waals surface area contributed by atoms with Crippen molar-refractivity contribution in [1.29, 1.82) is 0 Å². The highest BCUT2D eigenvalue weighted by molar-refractivity contribution is 6.31. The molecule has 0 fully saturated rings. The van der Waals surface area contributed by atoms with Crippen LogP contribution in [0.15, 0.2) is 23.0 Å². The van der Waals surface area contributed by atoms with Crippen LogP contribution >= 0.6 is 11.6 Å². The standard InChI is InChI=1S/C13H12ClF3N2O/c1-7-3-4-9(5-10(7)14)6-19-12(20)8(2)11(18-19)13(15,16)17/h3-5,18H,6H2,1-2H3. The summed E-state index contributed by atoms with van der Waals surface area (Å²) in [6.07, 6.45) is -4.57. The average molecular weight is 305 g/mol. The summed E-state index contributed by atoms with van der Waals surface area (Å²) in [6.45, 7) is 2.98. The Morgan fingerprint density at radius 2 is 1.95 bits per heavy atom. The van der Waals surface area contributed by atoms with Crippen LogP contribution in [0.5, 0.6) is 0 Å². The Balaban J connectivity index is 2.40. The van der Waals surface area contributed by atoms with Crippen LogP contribution in [0, 0.1) is 13.8 Å². The fraction of sp³-hybridized carbons (Fsp3) is 0.308. The Labute approximate surface area is 118 Å². The van der Waals surface area contributed by atoms with E-state index in [9.17, 15) is 18.0 Å². The monoisotopic (exact) mass is 304 g/mol. The Hall–Kier alpha value is -1.69. The number of benzene rings is 1. The van der Waals surface area contributed by atoms with Gasteiger partial charge in [-0.1, -0.05) is 23.7 Å². The topological polar surface area (TPSA) is 37.8 Å². The number of nitrogens with zero attached hydrogens (tertiary/aromatic N) is 1. The van der Waals surface area contributed by atoms with Gasteiger partial charge in [0.15, 0.2) is 0 Å². The minimum absolute atomic E-state index is 0.00968. The van der Waals surface area contributed by atoms with Crippen LogP contribution in [0.1, 0.15) is 22.4 Å². The molecule has 1 heterocycles. The first-order valence-electron chi connectivity index (χ1n) is 5.82. The van der Waals surface area contributed by atoms with Gasteiger partial charge in [0.2, 0.25) is 0 Å². The van der Waals surface area contributed by atoms with Crippen molar-refractivity contribution in [2.45, 2.75) is 26.6 Å². The van der Waals surface area contributed by atoms with Gasteiger partial charge in [-0.25, -0.2) is 4.68 Å². The van der Waals surface area contributed by atoms with Crippen LogP contribution in [0.4, 0.5) is 13.2 Å². The predicted molar refractivity (Wildman–Crippen MR) is 70.1 cm³/mol. The zero-order valence-corrected chi connectivity index (χ0v) is 11.6. The summed E-state index contributed by atoms with van der Waals surface area (Å²) in [6, 6.07) is 5.10. The van der Waals surface area contributed by atoms with E-state index in [2.05, 4.69) is 5.10 Å². The van der Waals surface area contributed by atoms with Gasteiger partial charge in [0.1, 0.15) is 5.69 Å². The number of aryl methyl sites for hydroxylation is 1. The van der Waals surface area contributed by atoms with Gasteiger partial charge in [-0.2, -0.15) is 13.2 Å². The number of rotatable bonds is 2. The molecule has 20 heavy (non-hydrogen) atoms. The molecule has 0 saturated heterocycles. The van der Waals surface area contributed by atoms with Crippen molar-refractivity contribution in [2.24, 2.45) is 0 Å². The van der Waals surface area contributed by atoms with Crippen molar-refractivity contribution in [2.75, 3.05) is 0 Å². The lowest BCUT2D eigenvalue weighted by Crippen LogP contribution is -2.18. The molecule has 2 aromatic rings. The van der Waals surface area contributed by atoms with Gasteiger partial charge >= 0.3 is 6.18 Å². The van der Waals surface area contributed by atoms with Crippen LogP contribution in [-0.2, 0) is 12.7 Å². The maximum absolute atomic E-state index is 12.7. The maximum Gasteiger partial charge on any atom is 0.433 e. The van der Waals surface area contributed by atoms with Crippen LogP contribution in [0.3, 0.4) is 0 Å². The lowest BCUT2D eigenvalue weighted by Gasteiger charge is -2.06. The smallest absolute Gasteiger partial charge is 0.291 e. The predicted octanol–water partition coefficient (Wildman–Crippen LogP) is 3.51. The van der Waals surface area contributed by atoms with E-state index in [1.165, 1.54) is 0 Å². The van der Waals surface area contributed by atoms with Gasteiger partial charge < -0.3 is 0 Å². The molecule has 1 aromatic heterocycles. The van der Waals surface area contributed by atoms with Gasteiger partial charge in [0.25, 0.3) is 5.56 Å². The molecule has 0 bridgehead atoms. The molecular formula is C13H12ClF3N2O. The highest BCUT2D eigenvalue weighted by atomic mass is 35.5. The van der Waals surface area contributed by atoms with Gasteiger partial charge in [-0.3, -0.25) is 9.89 Å². The Morgan fingerprint density at radius 1 is 1.30 bits per heavy atom. The van der Waals surface area contributed by atoms with Crippen LogP contribution in [-0.4, -0.2) is 9.78 Å². The number of aromatic amines is 1. The number of hydrogen-bond donors (Lipinski definition) is 1. The molecule has 0 atom stereocenters. The largest absolute Gasteiger partial charge is 0.433 e. The highest BCUT2D eigenvalue weighted by Gasteiger charge is 2.36. The van der Waals surface area contributed by atoms with Crippen molar-refractivity contribution in [3.63, 3.8) is 0 Å². The highest BCUT2D eigenvalue weighted by Crippen LogP contribution is 2.28. The van der Waals surface area contributed by atoms with Crippen molar-refractivity contribution in [1.82, 2.24) is 9.78 Å². The molecule has 3 nitrogen and oxygen atoms in total. The van der Waals surface area contributed by atoms with Crippen LogP contribution in [0.2, 0.25) is 5.02 Å². The number of alkyl halides is 3. The first-order valence-corrected chi connectivity index (χ1v) is 6.19. The van der Waals surface area contributed by atoms with Crippen LogP contribution in [0.25, 0.3) is 0 Å². The van der Waals surface area contributed by atoms with Crippen LogP contribution < -0.4 is 5.56 Å². The third-order valence-corrected chi connectivity index (χ3v) is 3.46.